The zero-order valence-electron chi connectivity index (χ0n) is 12.5. The van der Waals surface area contributed by atoms with Gasteiger partial charge in [-0.1, -0.05) is 40.0 Å². The van der Waals surface area contributed by atoms with Crippen molar-refractivity contribution in [2.45, 2.75) is 52.9 Å². The van der Waals surface area contributed by atoms with Crippen LogP contribution in [0.1, 0.15) is 52.9 Å². The fourth-order valence-electron chi connectivity index (χ4n) is 2.03. The first-order valence-electron chi connectivity index (χ1n) is 7.17. The summed E-state index contributed by atoms with van der Waals surface area (Å²) in [7, 11) is 0. The first-order valence-corrected chi connectivity index (χ1v) is 7.17. The van der Waals surface area contributed by atoms with Crippen molar-refractivity contribution in [3.05, 3.63) is 0 Å². The Bertz CT molecular complexity index is 368. The summed E-state index contributed by atoms with van der Waals surface area (Å²) in [5, 5.41) is 2.61. The summed E-state index contributed by atoms with van der Waals surface area (Å²) < 4.78 is 0. The Hall–Kier alpha value is -1.59. The van der Waals surface area contributed by atoms with E-state index in [2.05, 4.69) is 16.2 Å². The number of carbonyl (C=O) groups excluding carboxylic acids is 3. The minimum Gasteiger partial charge on any atom is -0.347 e. The lowest BCUT2D eigenvalue weighted by molar-refractivity contribution is -0.134. The number of hydrogen-bond acceptors (Lipinski definition) is 3. The molecular weight excluding hydrogens is 258 g/mol. The molecule has 1 aliphatic rings. The summed E-state index contributed by atoms with van der Waals surface area (Å²) in [5.41, 5.74) is 4.06. The van der Waals surface area contributed by atoms with Crippen molar-refractivity contribution in [2.75, 3.05) is 6.54 Å². The Kier molecular flexibility index (Phi) is 5.98. The van der Waals surface area contributed by atoms with Gasteiger partial charge in [0.05, 0.1) is 6.54 Å². The summed E-state index contributed by atoms with van der Waals surface area (Å²) in [5.74, 6) is -0.737. The average Bonchev–Trinajstić information content (AvgIpc) is 2.41. The van der Waals surface area contributed by atoms with Gasteiger partial charge >= 0.3 is 0 Å². The van der Waals surface area contributed by atoms with Crippen LogP contribution < -0.4 is 16.2 Å². The van der Waals surface area contributed by atoms with Gasteiger partial charge in [0.25, 0.3) is 5.91 Å². The summed E-state index contributed by atoms with van der Waals surface area (Å²) in [6.45, 7) is 5.14. The molecule has 3 N–H and O–H groups in total. The van der Waals surface area contributed by atoms with Crippen LogP contribution in [0.3, 0.4) is 0 Å². The van der Waals surface area contributed by atoms with Crippen molar-refractivity contribution in [1.82, 2.24) is 16.2 Å². The molecule has 1 aliphatic carbocycles. The van der Waals surface area contributed by atoms with Crippen LogP contribution in [0.15, 0.2) is 0 Å². The Balaban J connectivity index is 2.22. The molecule has 3 amide bonds. The maximum atomic E-state index is 11.8. The van der Waals surface area contributed by atoms with Gasteiger partial charge in [-0.05, 0) is 12.8 Å². The SMILES string of the molecule is CC(C)(C)C(=O)NNC(=O)CNC(=O)C1CCCCC1. The second-order valence-electron chi connectivity index (χ2n) is 6.31. The fourth-order valence-corrected chi connectivity index (χ4v) is 2.03. The first kappa shape index (κ1) is 16.5. The van der Waals surface area contributed by atoms with E-state index in [9.17, 15) is 14.4 Å². The number of hydrogen-bond donors (Lipinski definition) is 3. The fraction of sp³-hybridized carbons (Fsp3) is 0.786. The second kappa shape index (κ2) is 7.26. The zero-order valence-corrected chi connectivity index (χ0v) is 12.5. The lowest BCUT2D eigenvalue weighted by Gasteiger charge is -2.21. The van der Waals surface area contributed by atoms with E-state index < -0.39 is 11.3 Å². The highest BCUT2D eigenvalue weighted by Gasteiger charge is 2.23. The molecule has 6 nitrogen and oxygen atoms in total. The van der Waals surface area contributed by atoms with Crippen LogP contribution >= 0.6 is 0 Å². The molecular formula is C14H25N3O3. The van der Waals surface area contributed by atoms with Gasteiger partial charge in [0, 0.05) is 11.3 Å². The van der Waals surface area contributed by atoms with Crippen molar-refractivity contribution in [3.63, 3.8) is 0 Å². The van der Waals surface area contributed by atoms with Gasteiger partial charge in [-0.25, -0.2) is 0 Å². The Labute approximate surface area is 120 Å². The first-order chi connectivity index (χ1) is 9.30. The summed E-state index contributed by atoms with van der Waals surface area (Å²) in [6, 6.07) is 0. The van der Waals surface area contributed by atoms with E-state index >= 15 is 0 Å². The lowest BCUT2D eigenvalue weighted by Crippen LogP contribution is -2.50. The number of nitrogens with one attached hydrogen (secondary N) is 3. The maximum absolute atomic E-state index is 11.8. The molecule has 0 aromatic carbocycles. The molecule has 0 aromatic rings. The van der Waals surface area contributed by atoms with Crippen molar-refractivity contribution in [3.8, 4) is 0 Å². The minimum absolute atomic E-state index is 0.0284. The third-order valence-electron chi connectivity index (χ3n) is 3.40. The highest BCUT2D eigenvalue weighted by atomic mass is 16.2. The minimum atomic E-state index is -0.571. The van der Waals surface area contributed by atoms with E-state index in [0.717, 1.165) is 25.7 Å². The van der Waals surface area contributed by atoms with E-state index in [1.807, 2.05) is 0 Å². The van der Waals surface area contributed by atoms with Crippen LogP contribution in [0.4, 0.5) is 0 Å². The number of carbonyl (C=O) groups is 3. The van der Waals surface area contributed by atoms with Crippen LogP contribution in [-0.2, 0) is 14.4 Å². The van der Waals surface area contributed by atoms with Crippen LogP contribution in [-0.4, -0.2) is 24.3 Å². The van der Waals surface area contributed by atoms with E-state index in [1.54, 1.807) is 20.8 Å². The van der Waals surface area contributed by atoms with Gasteiger partial charge in [0.15, 0.2) is 0 Å². The molecule has 0 radical (unpaired) electrons. The van der Waals surface area contributed by atoms with Crippen molar-refractivity contribution in [1.29, 1.82) is 0 Å². The lowest BCUT2D eigenvalue weighted by atomic mass is 9.89. The topological polar surface area (TPSA) is 87.3 Å². The molecule has 0 unspecified atom stereocenters. The Morgan fingerprint density at radius 2 is 1.60 bits per heavy atom. The average molecular weight is 283 g/mol. The van der Waals surface area contributed by atoms with Crippen LogP contribution in [0.2, 0.25) is 0 Å². The molecule has 0 bridgehead atoms. The third kappa shape index (κ3) is 5.59. The van der Waals surface area contributed by atoms with Gasteiger partial charge in [0.1, 0.15) is 0 Å². The van der Waals surface area contributed by atoms with Crippen LogP contribution in [0.5, 0.6) is 0 Å². The van der Waals surface area contributed by atoms with E-state index in [0.29, 0.717) is 0 Å². The van der Waals surface area contributed by atoms with Gasteiger partial charge in [-0.3, -0.25) is 25.2 Å². The van der Waals surface area contributed by atoms with Crippen molar-refractivity contribution in [2.24, 2.45) is 11.3 Å². The van der Waals surface area contributed by atoms with E-state index in [1.165, 1.54) is 6.42 Å². The van der Waals surface area contributed by atoms with Crippen molar-refractivity contribution < 1.29 is 14.4 Å². The van der Waals surface area contributed by atoms with E-state index in [4.69, 9.17) is 0 Å². The second-order valence-corrected chi connectivity index (χ2v) is 6.31. The molecule has 20 heavy (non-hydrogen) atoms. The number of hydrazine groups is 1. The van der Waals surface area contributed by atoms with Gasteiger partial charge in [-0.15, -0.1) is 0 Å². The number of amides is 3. The van der Waals surface area contributed by atoms with Gasteiger partial charge in [0.2, 0.25) is 11.8 Å². The quantitative estimate of drug-likeness (QED) is 0.672. The molecule has 0 spiro atoms. The third-order valence-corrected chi connectivity index (χ3v) is 3.40. The molecule has 114 valence electrons. The van der Waals surface area contributed by atoms with E-state index in [-0.39, 0.29) is 24.3 Å². The predicted octanol–water partition coefficient (Wildman–Crippen LogP) is 0.876. The van der Waals surface area contributed by atoms with Crippen molar-refractivity contribution >= 4 is 17.7 Å². The summed E-state index contributed by atoms with van der Waals surface area (Å²) in [4.78, 5) is 34.9. The van der Waals surface area contributed by atoms with Gasteiger partial charge in [-0.2, -0.15) is 0 Å². The van der Waals surface area contributed by atoms with Crippen LogP contribution in [0, 0.1) is 11.3 Å². The largest absolute Gasteiger partial charge is 0.347 e. The molecule has 6 heteroatoms. The Morgan fingerprint density at radius 3 is 2.15 bits per heavy atom. The summed E-state index contributed by atoms with van der Waals surface area (Å²) >= 11 is 0. The molecule has 0 aromatic heterocycles. The smallest absolute Gasteiger partial charge is 0.257 e. The van der Waals surface area contributed by atoms with Crippen LogP contribution in [0.25, 0.3) is 0 Å². The normalized spacial score (nSPS) is 16.4. The zero-order chi connectivity index (χ0) is 15.2. The molecule has 1 fully saturated rings. The number of rotatable bonds is 3. The maximum Gasteiger partial charge on any atom is 0.257 e. The molecule has 0 aliphatic heterocycles. The molecule has 1 saturated carbocycles. The highest BCUT2D eigenvalue weighted by Crippen LogP contribution is 2.23. The van der Waals surface area contributed by atoms with Gasteiger partial charge < -0.3 is 5.32 Å². The predicted molar refractivity (Wildman–Crippen MR) is 75.3 cm³/mol. The molecule has 1 rings (SSSR count). The molecule has 0 saturated heterocycles. The standard InChI is InChI=1S/C14H25N3O3/c1-14(2,3)13(20)17-16-11(18)9-15-12(19)10-7-5-4-6-8-10/h10H,4-9H2,1-3H3,(H,15,19)(H,16,18)(H,17,20). The summed E-state index contributed by atoms with van der Waals surface area (Å²) in [6.07, 6.45) is 5.13. The highest BCUT2D eigenvalue weighted by molar-refractivity contribution is 5.88. The Morgan fingerprint density at radius 1 is 1.00 bits per heavy atom. The molecule has 0 heterocycles. The molecule has 0 atom stereocenters. The monoisotopic (exact) mass is 283 g/mol.